The highest BCUT2D eigenvalue weighted by atomic mass is 32.1. The molecule has 0 amide bonds. The molecule has 17 heavy (non-hydrogen) atoms. The summed E-state index contributed by atoms with van der Waals surface area (Å²) in [6.07, 6.45) is 3.84. The van der Waals surface area contributed by atoms with Crippen molar-refractivity contribution in [2.24, 2.45) is 5.41 Å². The van der Waals surface area contributed by atoms with Gasteiger partial charge in [0.15, 0.2) is 0 Å². The van der Waals surface area contributed by atoms with E-state index in [1.165, 1.54) is 22.7 Å². The highest BCUT2D eigenvalue weighted by molar-refractivity contribution is 7.14. The lowest BCUT2D eigenvalue weighted by Crippen LogP contribution is -2.21. The normalized spacial score (nSPS) is 17.2. The van der Waals surface area contributed by atoms with Gasteiger partial charge in [-0.1, -0.05) is 6.07 Å². The van der Waals surface area contributed by atoms with Crippen molar-refractivity contribution in [2.45, 2.75) is 19.3 Å². The largest absolute Gasteiger partial charge is 0.319 e. The van der Waals surface area contributed by atoms with Crippen LogP contribution >= 0.6 is 22.7 Å². The minimum absolute atomic E-state index is 0.513. The summed E-state index contributed by atoms with van der Waals surface area (Å²) in [6.45, 7) is 1.13. The van der Waals surface area contributed by atoms with Crippen LogP contribution in [0.1, 0.15) is 17.8 Å². The average Bonchev–Trinajstić information content (AvgIpc) is 2.78. The Balaban J connectivity index is 1.73. The third-order valence-corrected chi connectivity index (χ3v) is 5.10. The fourth-order valence-corrected chi connectivity index (χ4v) is 3.95. The molecule has 2 nitrogen and oxygen atoms in total. The van der Waals surface area contributed by atoms with Crippen molar-refractivity contribution in [3.63, 3.8) is 0 Å². The molecule has 90 valence electrons. The number of nitrogens with one attached hydrogen (secondary N) is 1. The van der Waals surface area contributed by atoms with Gasteiger partial charge in [-0.05, 0) is 36.8 Å². The molecule has 0 aliphatic heterocycles. The van der Waals surface area contributed by atoms with Crippen molar-refractivity contribution in [3.8, 4) is 10.6 Å². The van der Waals surface area contributed by atoms with E-state index in [1.54, 1.807) is 11.3 Å². The molecule has 1 N–H and O–H groups in total. The number of rotatable bonds is 5. The van der Waals surface area contributed by atoms with Crippen molar-refractivity contribution in [1.29, 1.82) is 0 Å². The van der Waals surface area contributed by atoms with Gasteiger partial charge in [-0.3, -0.25) is 0 Å². The molecule has 1 saturated carbocycles. The Morgan fingerprint density at radius 1 is 1.41 bits per heavy atom. The number of hydrogen-bond acceptors (Lipinski definition) is 4. The van der Waals surface area contributed by atoms with E-state index in [0.29, 0.717) is 5.41 Å². The van der Waals surface area contributed by atoms with Crippen LogP contribution in [0.15, 0.2) is 22.9 Å². The Labute approximate surface area is 110 Å². The molecular weight excluding hydrogens is 248 g/mol. The molecule has 2 aromatic heterocycles. The van der Waals surface area contributed by atoms with E-state index in [2.05, 4.69) is 28.2 Å². The van der Waals surface area contributed by atoms with Crippen LogP contribution in [0.3, 0.4) is 0 Å². The molecule has 0 radical (unpaired) electrons. The zero-order chi connectivity index (χ0) is 11.7. The molecule has 1 aliphatic rings. The van der Waals surface area contributed by atoms with Crippen LogP contribution in [-0.2, 0) is 6.42 Å². The van der Waals surface area contributed by atoms with E-state index in [0.717, 1.165) is 18.7 Å². The third kappa shape index (κ3) is 2.44. The summed E-state index contributed by atoms with van der Waals surface area (Å²) in [6, 6.07) is 4.23. The van der Waals surface area contributed by atoms with Gasteiger partial charge in [0.1, 0.15) is 0 Å². The second kappa shape index (κ2) is 4.52. The van der Waals surface area contributed by atoms with Gasteiger partial charge in [-0.15, -0.1) is 22.7 Å². The molecule has 0 spiro atoms. The lowest BCUT2D eigenvalue weighted by atomic mass is 10.0. The summed E-state index contributed by atoms with van der Waals surface area (Å²) in [5.41, 5.74) is 1.67. The summed E-state index contributed by atoms with van der Waals surface area (Å²) >= 11 is 3.57. The van der Waals surface area contributed by atoms with E-state index in [9.17, 15) is 0 Å². The predicted octanol–water partition coefficient (Wildman–Crippen LogP) is 3.41. The van der Waals surface area contributed by atoms with Crippen molar-refractivity contribution in [2.75, 3.05) is 13.6 Å². The summed E-state index contributed by atoms with van der Waals surface area (Å²) in [7, 11) is 2.04. The first kappa shape index (κ1) is 11.4. The lowest BCUT2D eigenvalue weighted by Gasteiger charge is -2.11. The first-order valence-corrected chi connectivity index (χ1v) is 7.70. The van der Waals surface area contributed by atoms with Gasteiger partial charge in [0.25, 0.3) is 0 Å². The molecule has 0 unspecified atom stereocenters. The predicted molar refractivity (Wildman–Crippen MR) is 74.7 cm³/mol. The quantitative estimate of drug-likeness (QED) is 0.895. The topological polar surface area (TPSA) is 24.9 Å². The van der Waals surface area contributed by atoms with Gasteiger partial charge in [-0.25, -0.2) is 4.98 Å². The maximum atomic E-state index is 4.76. The fourth-order valence-electron chi connectivity index (χ4n) is 2.22. The summed E-state index contributed by atoms with van der Waals surface area (Å²) in [5, 5.41) is 8.90. The Hall–Kier alpha value is -0.710. The molecule has 0 aromatic carbocycles. The number of hydrogen-bond donors (Lipinski definition) is 1. The van der Waals surface area contributed by atoms with E-state index in [4.69, 9.17) is 4.98 Å². The molecule has 3 rings (SSSR count). The van der Waals surface area contributed by atoms with Gasteiger partial charge in [-0.2, -0.15) is 0 Å². The number of thiophene rings is 1. The minimum atomic E-state index is 0.513. The molecular formula is C13H16N2S2. The van der Waals surface area contributed by atoms with E-state index < -0.39 is 0 Å². The average molecular weight is 264 g/mol. The Morgan fingerprint density at radius 3 is 2.94 bits per heavy atom. The minimum Gasteiger partial charge on any atom is -0.319 e. The second-order valence-corrected chi connectivity index (χ2v) is 6.70. The molecule has 1 aliphatic carbocycles. The third-order valence-electron chi connectivity index (χ3n) is 3.36. The smallest absolute Gasteiger partial charge is 0.0938 e. The SMILES string of the molecule is CNCC1(Cc2nc(-c3cccs3)cs2)CC1. The van der Waals surface area contributed by atoms with Crippen molar-refractivity contribution in [1.82, 2.24) is 10.3 Å². The van der Waals surface area contributed by atoms with Crippen LogP contribution in [0.4, 0.5) is 0 Å². The number of nitrogens with zero attached hydrogens (tertiary/aromatic N) is 1. The zero-order valence-electron chi connectivity index (χ0n) is 9.90. The van der Waals surface area contributed by atoms with E-state index >= 15 is 0 Å². The van der Waals surface area contributed by atoms with Crippen LogP contribution in [0.2, 0.25) is 0 Å². The highest BCUT2D eigenvalue weighted by Crippen LogP contribution is 2.48. The Morgan fingerprint density at radius 2 is 2.29 bits per heavy atom. The maximum absolute atomic E-state index is 4.76. The van der Waals surface area contributed by atoms with Crippen LogP contribution in [-0.4, -0.2) is 18.6 Å². The van der Waals surface area contributed by atoms with Crippen LogP contribution in [0, 0.1) is 5.41 Å². The first-order chi connectivity index (χ1) is 8.31. The molecule has 2 heterocycles. The van der Waals surface area contributed by atoms with Crippen molar-refractivity contribution in [3.05, 3.63) is 27.9 Å². The van der Waals surface area contributed by atoms with Gasteiger partial charge in [0, 0.05) is 18.3 Å². The molecule has 4 heteroatoms. The summed E-state index contributed by atoms with van der Waals surface area (Å²) in [5.74, 6) is 0. The fraction of sp³-hybridized carbons (Fsp3) is 0.462. The van der Waals surface area contributed by atoms with Gasteiger partial charge in [0.2, 0.25) is 0 Å². The lowest BCUT2D eigenvalue weighted by molar-refractivity contribution is 0.477. The van der Waals surface area contributed by atoms with Crippen molar-refractivity contribution >= 4 is 22.7 Å². The molecule has 0 saturated heterocycles. The monoisotopic (exact) mass is 264 g/mol. The second-order valence-electron chi connectivity index (χ2n) is 4.81. The molecule has 1 fully saturated rings. The first-order valence-electron chi connectivity index (χ1n) is 5.94. The van der Waals surface area contributed by atoms with Crippen LogP contribution < -0.4 is 5.32 Å². The Bertz CT molecular complexity index is 483. The van der Waals surface area contributed by atoms with Gasteiger partial charge in [0.05, 0.1) is 15.6 Å². The van der Waals surface area contributed by atoms with Crippen LogP contribution in [0.5, 0.6) is 0 Å². The maximum Gasteiger partial charge on any atom is 0.0938 e. The van der Waals surface area contributed by atoms with Crippen molar-refractivity contribution < 1.29 is 0 Å². The number of aromatic nitrogens is 1. The van der Waals surface area contributed by atoms with Gasteiger partial charge < -0.3 is 5.32 Å². The summed E-state index contributed by atoms with van der Waals surface area (Å²) < 4.78 is 0. The number of thiazole rings is 1. The van der Waals surface area contributed by atoms with E-state index in [1.807, 2.05) is 18.4 Å². The zero-order valence-corrected chi connectivity index (χ0v) is 11.5. The standard InChI is InChI=1S/C13H16N2S2/c1-14-9-13(4-5-13)7-12-15-10(8-17-12)11-3-2-6-16-11/h2-3,6,8,14H,4-5,7,9H2,1H3. The highest BCUT2D eigenvalue weighted by Gasteiger charge is 2.42. The Kier molecular flexibility index (Phi) is 3.03. The summed E-state index contributed by atoms with van der Waals surface area (Å²) in [4.78, 5) is 6.04. The molecule has 0 atom stereocenters. The molecule has 0 bridgehead atoms. The van der Waals surface area contributed by atoms with Crippen LogP contribution in [0.25, 0.3) is 10.6 Å². The molecule has 2 aromatic rings. The van der Waals surface area contributed by atoms with E-state index in [-0.39, 0.29) is 0 Å². The van der Waals surface area contributed by atoms with Gasteiger partial charge >= 0.3 is 0 Å².